The lowest BCUT2D eigenvalue weighted by Gasteiger charge is -2.40. The fourth-order valence-electron chi connectivity index (χ4n) is 10.3. The van der Waals surface area contributed by atoms with Crippen LogP contribution >= 0.6 is 0 Å². The third-order valence-electron chi connectivity index (χ3n) is 15.7. The lowest BCUT2D eigenvalue weighted by Crippen LogP contribution is -2.60. The third kappa shape index (κ3) is 48.3. The van der Waals surface area contributed by atoms with Gasteiger partial charge in [0.15, 0.2) is 6.29 Å². The summed E-state index contributed by atoms with van der Waals surface area (Å²) in [4.78, 5) is 25.1. The summed E-state index contributed by atoms with van der Waals surface area (Å²) in [6.45, 7) is 4.26. The van der Waals surface area contributed by atoms with Crippen molar-refractivity contribution in [3.63, 3.8) is 0 Å². The van der Waals surface area contributed by atoms with E-state index in [2.05, 4.69) is 79.9 Å². The van der Waals surface area contributed by atoms with Gasteiger partial charge in [0, 0.05) is 12.8 Å². The standard InChI is InChI=1S/C71H127NO10/c1-3-5-7-9-11-13-15-17-34-37-41-45-49-53-57-64(74)63(62-81-71-70(79)69(78)68(77)65(61-73)82-71)72-66(75)58-54-50-46-42-38-35-31-29-27-25-23-21-19-18-20-22-24-26-28-30-32-36-40-44-48-52-56-60-80-67(76)59-55-51-47-43-39-33-16-14-12-10-8-6-4-2/h8,10,14,16,18-19,22,24,37,41,53,57,63-65,68-71,73-74,77-79H,3-7,9,11-13,15,17,20-21,23,25-36,38-40,42-52,54-56,58-62H2,1-2H3,(H,72,75)/b10-8-,16-14-,19-18-,24-22-,41-37+,57-53+. The Bertz CT molecular complexity index is 1590. The van der Waals surface area contributed by atoms with Gasteiger partial charge in [-0.3, -0.25) is 9.59 Å². The molecule has 1 fully saturated rings. The number of unbranched alkanes of at least 4 members (excludes halogenated alkanes) is 35. The SMILES string of the molecule is CCC/C=C\C/C=C\CCCCCCCC(=O)OCCCCCCCCCCC/C=C\C/C=C\CCCCCCCCCCCCCC(=O)NC(COC1OC(CO)C(O)C(O)C1O)C(O)/C=C/CC/C=C/CCCCCCCCCC. The van der Waals surface area contributed by atoms with Gasteiger partial charge in [0.05, 0.1) is 32.0 Å². The molecule has 0 spiro atoms. The van der Waals surface area contributed by atoms with E-state index in [1.54, 1.807) is 6.08 Å². The van der Waals surface area contributed by atoms with E-state index in [9.17, 15) is 35.1 Å². The first-order valence-corrected chi connectivity index (χ1v) is 34.2. The van der Waals surface area contributed by atoms with Crippen molar-refractivity contribution in [2.45, 2.75) is 346 Å². The molecule has 1 aliphatic heterocycles. The summed E-state index contributed by atoms with van der Waals surface area (Å²) in [5.41, 5.74) is 0. The Morgan fingerprint density at radius 3 is 1.33 bits per heavy atom. The quantitative estimate of drug-likeness (QED) is 0.0195. The maximum Gasteiger partial charge on any atom is 0.305 e. The summed E-state index contributed by atoms with van der Waals surface area (Å²) in [5.74, 6) is -0.210. The van der Waals surface area contributed by atoms with E-state index in [0.717, 1.165) is 89.9 Å². The summed E-state index contributed by atoms with van der Waals surface area (Å²) in [6.07, 6.45) is 70.2. The molecule has 11 nitrogen and oxygen atoms in total. The van der Waals surface area contributed by atoms with Crippen molar-refractivity contribution < 1.29 is 49.3 Å². The zero-order chi connectivity index (χ0) is 59.5. The third-order valence-corrected chi connectivity index (χ3v) is 15.7. The van der Waals surface area contributed by atoms with Crippen LogP contribution in [0.25, 0.3) is 0 Å². The number of rotatable bonds is 59. The van der Waals surface area contributed by atoms with Crippen LogP contribution in [-0.4, -0.2) is 100 Å². The van der Waals surface area contributed by atoms with E-state index in [-0.39, 0.29) is 18.5 Å². The van der Waals surface area contributed by atoms with Crippen LogP contribution in [-0.2, 0) is 23.8 Å². The summed E-state index contributed by atoms with van der Waals surface area (Å²) < 4.78 is 16.7. The van der Waals surface area contributed by atoms with Crippen molar-refractivity contribution in [2.24, 2.45) is 0 Å². The van der Waals surface area contributed by atoms with Crippen LogP contribution in [0.1, 0.15) is 303 Å². The first-order valence-electron chi connectivity index (χ1n) is 34.2. The van der Waals surface area contributed by atoms with Gasteiger partial charge in [-0.2, -0.15) is 0 Å². The van der Waals surface area contributed by atoms with E-state index in [4.69, 9.17) is 14.2 Å². The molecule has 0 bridgehead atoms. The first kappa shape index (κ1) is 77.1. The zero-order valence-electron chi connectivity index (χ0n) is 52.7. The van der Waals surface area contributed by atoms with Crippen molar-refractivity contribution in [2.75, 3.05) is 19.8 Å². The number of allylic oxidation sites excluding steroid dienone is 11. The van der Waals surface area contributed by atoms with Crippen molar-refractivity contribution in [1.82, 2.24) is 5.32 Å². The van der Waals surface area contributed by atoms with Crippen molar-refractivity contribution in [3.05, 3.63) is 72.9 Å². The summed E-state index contributed by atoms with van der Waals surface area (Å²) in [5, 5.41) is 54.5. The zero-order valence-corrected chi connectivity index (χ0v) is 52.7. The minimum atomic E-state index is -1.58. The average molecular weight is 1150 g/mol. The lowest BCUT2D eigenvalue weighted by molar-refractivity contribution is -0.302. The molecule has 1 aliphatic rings. The number of esters is 1. The molecule has 1 heterocycles. The minimum absolute atomic E-state index is 0.0153. The molecule has 0 aromatic carbocycles. The highest BCUT2D eigenvalue weighted by atomic mass is 16.7. The fourth-order valence-corrected chi connectivity index (χ4v) is 10.3. The van der Waals surface area contributed by atoms with E-state index >= 15 is 0 Å². The Kier molecular flexibility index (Phi) is 56.2. The Morgan fingerprint density at radius 2 is 0.854 bits per heavy atom. The van der Waals surface area contributed by atoms with E-state index in [1.807, 2.05) is 6.08 Å². The average Bonchev–Trinajstić information content (AvgIpc) is 3.51. The summed E-state index contributed by atoms with van der Waals surface area (Å²) in [7, 11) is 0. The highest BCUT2D eigenvalue weighted by Gasteiger charge is 2.44. The van der Waals surface area contributed by atoms with Crippen LogP contribution in [0.3, 0.4) is 0 Å². The van der Waals surface area contributed by atoms with Crippen LogP contribution < -0.4 is 5.32 Å². The largest absolute Gasteiger partial charge is 0.466 e. The first-order chi connectivity index (χ1) is 40.2. The molecule has 7 atom stereocenters. The number of ether oxygens (including phenoxy) is 3. The number of aliphatic hydroxyl groups is 5. The Labute approximate surface area is 502 Å². The van der Waals surface area contributed by atoms with Crippen LogP contribution in [0.5, 0.6) is 0 Å². The summed E-state index contributed by atoms with van der Waals surface area (Å²) in [6, 6.07) is -0.832. The molecule has 0 saturated carbocycles. The fraction of sp³-hybridized carbons (Fsp3) is 0.803. The predicted molar refractivity (Wildman–Crippen MR) is 343 cm³/mol. The molecule has 11 heteroatoms. The van der Waals surface area contributed by atoms with Gasteiger partial charge in [-0.1, -0.05) is 260 Å². The highest BCUT2D eigenvalue weighted by molar-refractivity contribution is 5.76. The Hall–Kier alpha value is -2.90. The second-order valence-electron chi connectivity index (χ2n) is 23.5. The number of carbonyl (C=O) groups excluding carboxylic acids is 2. The highest BCUT2D eigenvalue weighted by Crippen LogP contribution is 2.23. The second-order valence-corrected chi connectivity index (χ2v) is 23.5. The van der Waals surface area contributed by atoms with Gasteiger partial charge in [0.1, 0.15) is 24.4 Å². The van der Waals surface area contributed by atoms with Gasteiger partial charge >= 0.3 is 5.97 Å². The van der Waals surface area contributed by atoms with Crippen LogP contribution in [0, 0.1) is 0 Å². The van der Waals surface area contributed by atoms with Gasteiger partial charge in [-0.15, -0.1) is 0 Å². The van der Waals surface area contributed by atoms with Crippen LogP contribution in [0.4, 0.5) is 0 Å². The molecule has 6 N–H and O–H groups in total. The molecule has 0 aromatic rings. The van der Waals surface area contributed by atoms with Gasteiger partial charge in [-0.05, 0) is 103 Å². The van der Waals surface area contributed by atoms with Crippen molar-refractivity contribution in [3.8, 4) is 0 Å². The smallest absolute Gasteiger partial charge is 0.305 e. The number of carbonyl (C=O) groups is 2. The number of hydrogen-bond donors (Lipinski definition) is 6. The molecule has 1 rings (SSSR count). The number of amides is 1. The molecule has 0 radical (unpaired) electrons. The molecule has 1 saturated heterocycles. The minimum Gasteiger partial charge on any atom is -0.466 e. The summed E-state index contributed by atoms with van der Waals surface area (Å²) >= 11 is 0. The van der Waals surface area contributed by atoms with E-state index in [0.29, 0.717) is 19.4 Å². The second kappa shape index (κ2) is 59.8. The Morgan fingerprint density at radius 1 is 0.451 bits per heavy atom. The van der Waals surface area contributed by atoms with E-state index < -0.39 is 49.5 Å². The lowest BCUT2D eigenvalue weighted by atomic mass is 9.99. The van der Waals surface area contributed by atoms with Gasteiger partial charge in [-0.25, -0.2) is 0 Å². The molecule has 476 valence electrons. The van der Waals surface area contributed by atoms with Gasteiger partial charge in [0.2, 0.25) is 5.91 Å². The molecular formula is C71H127NO10. The van der Waals surface area contributed by atoms with Gasteiger partial charge in [0.25, 0.3) is 0 Å². The van der Waals surface area contributed by atoms with E-state index in [1.165, 1.54) is 186 Å². The monoisotopic (exact) mass is 1150 g/mol. The normalized spacial score (nSPS) is 18.6. The van der Waals surface area contributed by atoms with Crippen LogP contribution in [0.2, 0.25) is 0 Å². The van der Waals surface area contributed by atoms with Crippen molar-refractivity contribution >= 4 is 11.9 Å². The topological polar surface area (TPSA) is 175 Å². The maximum absolute atomic E-state index is 13.1. The molecule has 1 amide bonds. The van der Waals surface area contributed by atoms with Crippen molar-refractivity contribution in [1.29, 1.82) is 0 Å². The molecule has 7 unspecified atom stereocenters. The number of aliphatic hydroxyl groups excluding tert-OH is 5. The molecule has 0 aliphatic carbocycles. The number of nitrogens with one attached hydrogen (secondary N) is 1. The molecule has 82 heavy (non-hydrogen) atoms. The maximum atomic E-state index is 13.1. The number of hydrogen-bond acceptors (Lipinski definition) is 10. The molecular weight excluding hydrogens is 1030 g/mol. The predicted octanol–water partition coefficient (Wildman–Crippen LogP) is 17.1. The van der Waals surface area contributed by atoms with Gasteiger partial charge < -0.3 is 45.1 Å². The van der Waals surface area contributed by atoms with Crippen LogP contribution in [0.15, 0.2) is 72.9 Å². The Balaban J connectivity index is 2.03. The molecule has 0 aromatic heterocycles.